The molecule has 0 amide bonds. The zero-order valence-corrected chi connectivity index (χ0v) is 8.89. The maximum atomic E-state index is 8.87. The summed E-state index contributed by atoms with van der Waals surface area (Å²) in [6.07, 6.45) is 7.55. The molecule has 4 heteroatoms. The van der Waals surface area contributed by atoms with Crippen molar-refractivity contribution in [1.29, 1.82) is 0 Å². The second-order valence-corrected chi connectivity index (χ2v) is 4.25. The summed E-state index contributed by atoms with van der Waals surface area (Å²) in [7, 11) is 0. The van der Waals surface area contributed by atoms with Crippen LogP contribution in [0.25, 0.3) is 0 Å². The molecule has 0 aromatic heterocycles. The molecular formula is C10H9Cl2NO. The fraction of sp³-hybridized carbons (Fsp3) is 0.300. The van der Waals surface area contributed by atoms with Crippen LogP contribution in [-0.2, 0) is 0 Å². The van der Waals surface area contributed by atoms with Crippen molar-refractivity contribution < 1.29 is 5.11 Å². The highest BCUT2D eigenvalue weighted by atomic mass is 35.5. The van der Waals surface area contributed by atoms with E-state index in [0.29, 0.717) is 11.5 Å². The van der Waals surface area contributed by atoms with E-state index in [4.69, 9.17) is 28.3 Å². The third-order valence-corrected chi connectivity index (χ3v) is 3.12. The van der Waals surface area contributed by atoms with Crippen LogP contribution in [0.15, 0.2) is 40.0 Å². The summed E-state index contributed by atoms with van der Waals surface area (Å²) in [4.78, 5) is 3.50. The molecule has 0 aromatic rings. The van der Waals surface area contributed by atoms with Gasteiger partial charge in [0, 0.05) is 17.8 Å². The molecule has 1 aliphatic carbocycles. The third-order valence-electron chi connectivity index (χ3n) is 2.33. The van der Waals surface area contributed by atoms with Gasteiger partial charge in [-0.1, -0.05) is 17.7 Å². The number of hydrogen-bond donors (Lipinski definition) is 1. The summed E-state index contributed by atoms with van der Waals surface area (Å²) in [5.41, 5.74) is 1.64. The summed E-state index contributed by atoms with van der Waals surface area (Å²) in [6.45, 7) is 0.0778. The topological polar surface area (TPSA) is 32.6 Å². The zero-order chi connectivity index (χ0) is 10.2. The second kappa shape index (κ2) is 3.54. The minimum Gasteiger partial charge on any atom is -0.396 e. The van der Waals surface area contributed by atoms with E-state index in [0.717, 1.165) is 11.3 Å². The second-order valence-electron chi connectivity index (χ2n) is 3.22. The molecule has 2 aliphatic rings. The molecule has 1 unspecified atom stereocenters. The van der Waals surface area contributed by atoms with E-state index >= 15 is 0 Å². The molecule has 0 fully saturated rings. The summed E-state index contributed by atoms with van der Waals surface area (Å²) < 4.78 is 0. The van der Waals surface area contributed by atoms with Gasteiger partial charge in [0.15, 0.2) is 0 Å². The Morgan fingerprint density at radius 3 is 3.00 bits per heavy atom. The number of halogens is 2. The lowest BCUT2D eigenvalue weighted by atomic mass is 9.90. The largest absolute Gasteiger partial charge is 0.396 e. The smallest absolute Gasteiger partial charge is 0.128 e. The average Bonchev–Trinajstić information content (AvgIpc) is 2.46. The van der Waals surface area contributed by atoms with Crippen LogP contribution < -0.4 is 0 Å². The first-order valence-electron chi connectivity index (χ1n) is 4.31. The zero-order valence-electron chi connectivity index (χ0n) is 7.37. The van der Waals surface area contributed by atoms with Crippen LogP contribution in [0.3, 0.4) is 0 Å². The molecule has 74 valence electrons. The molecule has 0 saturated heterocycles. The van der Waals surface area contributed by atoms with Gasteiger partial charge in [-0.15, -0.1) is 11.6 Å². The van der Waals surface area contributed by atoms with Gasteiger partial charge < -0.3 is 5.11 Å². The van der Waals surface area contributed by atoms with Gasteiger partial charge in [0.2, 0.25) is 0 Å². The van der Waals surface area contributed by atoms with Crippen LogP contribution in [0, 0.1) is 0 Å². The van der Waals surface area contributed by atoms with Gasteiger partial charge in [0.05, 0.1) is 5.71 Å². The van der Waals surface area contributed by atoms with Gasteiger partial charge in [-0.2, -0.15) is 0 Å². The molecule has 1 heterocycles. The predicted molar refractivity (Wildman–Crippen MR) is 58.9 cm³/mol. The Bertz CT molecular complexity index is 382. The van der Waals surface area contributed by atoms with Crippen LogP contribution in [0.2, 0.25) is 0 Å². The lowest BCUT2D eigenvalue weighted by Gasteiger charge is -2.24. The fourth-order valence-corrected chi connectivity index (χ4v) is 2.05. The van der Waals surface area contributed by atoms with Gasteiger partial charge in [-0.05, 0) is 24.1 Å². The van der Waals surface area contributed by atoms with Crippen molar-refractivity contribution in [3.8, 4) is 0 Å². The summed E-state index contributed by atoms with van der Waals surface area (Å²) in [6, 6.07) is 0. The maximum Gasteiger partial charge on any atom is 0.128 e. The van der Waals surface area contributed by atoms with E-state index in [9.17, 15) is 0 Å². The number of allylic oxidation sites excluding steroid dienone is 4. The Kier molecular flexibility index (Phi) is 2.52. The van der Waals surface area contributed by atoms with E-state index in [2.05, 4.69) is 4.99 Å². The quantitative estimate of drug-likeness (QED) is 0.725. The lowest BCUT2D eigenvalue weighted by Crippen LogP contribution is -2.30. The molecule has 1 N–H and O–H groups in total. The van der Waals surface area contributed by atoms with Crippen LogP contribution in [0.1, 0.15) is 6.42 Å². The van der Waals surface area contributed by atoms with Crippen LogP contribution >= 0.6 is 23.2 Å². The van der Waals surface area contributed by atoms with Gasteiger partial charge in [0.25, 0.3) is 0 Å². The number of fused-ring (bicyclic) bond motifs is 1. The molecule has 0 radical (unpaired) electrons. The number of aliphatic hydroxyl groups excluding tert-OH is 1. The van der Waals surface area contributed by atoms with Crippen molar-refractivity contribution in [1.82, 2.24) is 0 Å². The molecule has 0 saturated carbocycles. The predicted octanol–water partition coefficient (Wildman–Crippen LogP) is 2.38. The van der Waals surface area contributed by atoms with Gasteiger partial charge >= 0.3 is 0 Å². The number of aliphatic imine (C=N–C) groups is 1. The molecule has 0 bridgehead atoms. The molecule has 2 rings (SSSR count). The Morgan fingerprint density at radius 1 is 1.50 bits per heavy atom. The highest BCUT2D eigenvalue weighted by Gasteiger charge is 2.38. The number of nitrogens with zero attached hydrogens (tertiary/aromatic N) is 1. The molecule has 1 aliphatic heterocycles. The van der Waals surface area contributed by atoms with Crippen molar-refractivity contribution in [2.24, 2.45) is 4.99 Å². The summed E-state index contributed by atoms with van der Waals surface area (Å²) in [5.74, 6) is 0. The van der Waals surface area contributed by atoms with Crippen LogP contribution in [0.4, 0.5) is 0 Å². The van der Waals surface area contributed by atoms with E-state index in [1.165, 1.54) is 0 Å². The van der Waals surface area contributed by atoms with E-state index in [1.54, 1.807) is 18.4 Å². The average molecular weight is 230 g/mol. The summed E-state index contributed by atoms with van der Waals surface area (Å²) >= 11 is 12.2. The molecule has 1 atom stereocenters. The lowest BCUT2D eigenvalue weighted by molar-refractivity contribution is 0.298. The SMILES string of the molecule is OCCC1=CN=C2C=C(Cl)C=CC12Cl. The van der Waals surface area contributed by atoms with Crippen molar-refractivity contribution in [3.63, 3.8) is 0 Å². The normalized spacial score (nSPS) is 29.5. The first-order chi connectivity index (χ1) is 6.66. The van der Waals surface area contributed by atoms with Crippen LogP contribution in [-0.4, -0.2) is 22.3 Å². The number of alkyl halides is 1. The number of aliphatic hydroxyl groups is 1. The number of rotatable bonds is 2. The minimum absolute atomic E-state index is 0.0778. The van der Waals surface area contributed by atoms with E-state index in [1.807, 2.05) is 6.08 Å². The molecule has 0 aromatic carbocycles. The minimum atomic E-state index is -0.679. The van der Waals surface area contributed by atoms with Crippen molar-refractivity contribution in [3.05, 3.63) is 35.0 Å². The maximum absolute atomic E-state index is 8.87. The first kappa shape index (κ1) is 9.97. The monoisotopic (exact) mass is 229 g/mol. The number of hydrogen-bond acceptors (Lipinski definition) is 2. The molecule has 14 heavy (non-hydrogen) atoms. The molecular weight excluding hydrogens is 221 g/mol. The van der Waals surface area contributed by atoms with Crippen molar-refractivity contribution in [2.45, 2.75) is 11.3 Å². The highest BCUT2D eigenvalue weighted by molar-refractivity contribution is 6.45. The standard InChI is InChI=1S/C10H9Cl2NO/c11-8-1-3-10(12)7(2-4-14)6-13-9(10)5-8/h1,3,5-6,14H,2,4H2. The fourth-order valence-electron chi connectivity index (χ4n) is 1.57. The van der Waals surface area contributed by atoms with Gasteiger partial charge in [0.1, 0.15) is 4.87 Å². The van der Waals surface area contributed by atoms with E-state index < -0.39 is 4.87 Å². The third kappa shape index (κ3) is 1.44. The van der Waals surface area contributed by atoms with E-state index in [-0.39, 0.29) is 6.61 Å². The van der Waals surface area contributed by atoms with Crippen molar-refractivity contribution >= 4 is 28.9 Å². The Balaban J connectivity index is 2.32. The Morgan fingerprint density at radius 2 is 2.29 bits per heavy atom. The Hall–Kier alpha value is -0.570. The van der Waals surface area contributed by atoms with Crippen LogP contribution in [0.5, 0.6) is 0 Å². The molecule has 2 nitrogen and oxygen atoms in total. The summed E-state index contributed by atoms with van der Waals surface area (Å²) in [5, 5.41) is 9.49. The highest BCUT2D eigenvalue weighted by Crippen LogP contribution is 2.39. The van der Waals surface area contributed by atoms with Gasteiger partial charge in [-0.3, -0.25) is 4.99 Å². The Labute approximate surface area is 92.2 Å². The van der Waals surface area contributed by atoms with Gasteiger partial charge in [-0.25, -0.2) is 0 Å². The molecule has 0 spiro atoms. The van der Waals surface area contributed by atoms with Crippen molar-refractivity contribution in [2.75, 3.05) is 6.61 Å². The first-order valence-corrected chi connectivity index (χ1v) is 5.06.